The number of guanidine groups is 1. The molecule has 1 unspecified atom stereocenters. The number of nitrogens with two attached hydrogens (primary N) is 1. The fourth-order valence-electron chi connectivity index (χ4n) is 2.65. The average molecular weight is 330 g/mol. The Labute approximate surface area is 127 Å². The normalized spacial score (nSPS) is 21.9. The molecule has 0 aliphatic carbocycles. The van der Waals surface area contributed by atoms with Crippen molar-refractivity contribution in [2.75, 3.05) is 11.4 Å². The molecule has 0 saturated carbocycles. The van der Waals surface area contributed by atoms with E-state index in [0.717, 1.165) is 10.2 Å². The Hall–Kier alpha value is -1.81. The van der Waals surface area contributed by atoms with Gasteiger partial charge in [0.1, 0.15) is 0 Å². The van der Waals surface area contributed by atoms with E-state index in [1.807, 2.05) is 18.2 Å². The number of anilines is 1. The van der Waals surface area contributed by atoms with Gasteiger partial charge in [-0.05, 0) is 36.8 Å². The number of halogens is 1. The van der Waals surface area contributed by atoms with Crippen LogP contribution >= 0.6 is 15.9 Å². The summed E-state index contributed by atoms with van der Waals surface area (Å²) in [6.07, 6.45) is 0. The van der Waals surface area contributed by atoms with Crippen LogP contribution in [0.1, 0.15) is 12.5 Å². The van der Waals surface area contributed by atoms with Crippen molar-refractivity contribution in [2.45, 2.75) is 12.5 Å². The van der Waals surface area contributed by atoms with E-state index >= 15 is 0 Å². The van der Waals surface area contributed by atoms with Gasteiger partial charge < -0.3 is 10.6 Å². The van der Waals surface area contributed by atoms with Crippen LogP contribution in [0.4, 0.5) is 5.69 Å². The van der Waals surface area contributed by atoms with Crippen molar-refractivity contribution in [3.8, 4) is 0 Å². The van der Waals surface area contributed by atoms with E-state index < -0.39 is 0 Å². The number of hydrogen-bond donors (Lipinski definition) is 1. The molecule has 2 N–H and O–H groups in total. The second kappa shape index (κ2) is 4.94. The number of rotatable bonds is 2. The highest BCUT2D eigenvalue weighted by Gasteiger charge is 2.40. The van der Waals surface area contributed by atoms with Gasteiger partial charge in [0, 0.05) is 10.2 Å². The lowest BCUT2D eigenvalue weighted by Crippen LogP contribution is -2.47. The molecule has 3 nitrogen and oxygen atoms in total. The van der Waals surface area contributed by atoms with Gasteiger partial charge in [-0.15, -0.1) is 0 Å². The van der Waals surface area contributed by atoms with E-state index in [4.69, 9.17) is 5.73 Å². The highest BCUT2D eigenvalue weighted by atomic mass is 79.9. The fraction of sp³-hybridized carbons (Fsp3) is 0.188. The second-order valence-corrected chi connectivity index (χ2v) is 6.04. The molecule has 1 atom stereocenters. The van der Waals surface area contributed by atoms with Crippen LogP contribution in [0.2, 0.25) is 0 Å². The third-order valence-electron chi connectivity index (χ3n) is 3.75. The third-order valence-corrected chi connectivity index (χ3v) is 4.28. The number of nitrogens with zero attached hydrogens (tertiary/aromatic N) is 2. The minimum atomic E-state index is -0.237. The standard InChI is InChI=1S/C16H16BrN3/c1-16(12-5-3-2-4-6-12)11-19-15(18)20(16)14-9-7-13(17)8-10-14/h2-10H,11H2,1H3,(H2,18,19). The van der Waals surface area contributed by atoms with Crippen molar-refractivity contribution in [3.05, 3.63) is 64.6 Å². The lowest BCUT2D eigenvalue weighted by atomic mass is 9.90. The van der Waals surface area contributed by atoms with E-state index in [-0.39, 0.29) is 5.54 Å². The van der Waals surface area contributed by atoms with Gasteiger partial charge in [-0.2, -0.15) is 0 Å². The summed E-state index contributed by atoms with van der Waals surface area (Å²) in [6.45, 7) is 2.84. The lowest BCUT2D eigenvalue weighted by molar-refractivity contribution is 0.533. The first-order valence-corrected chi connectivity index (χ1v) is 7.32. The Morgan fingerprint density at radius 2 is 1.75 bits per heavy atom. The largest absolute Gasteiger partial charge is 0.369 e. The molecule has 0 spiro atoms. The van der Waals surface area contributed by atoms with Crippen molar-refractivity contribution in [2.24, 2.45) is 10.7 Å². The minimum Gasteiger partial charge on any atom is -0.369 e. The Kier molecular flexibility index (Phi) is 3.26. The van der Waals surface area contributed by atoms with Crippen LogP contribution in [0.15, 0.2) is 64.1 Å². The molecule has 102 valence electrons. The molecule has 2 aromatic rings. The summed E-state index contributed by atoms with van der Waals surface area (Å²) in [6, 6.07) is 18.5. The molecule has 1 aliphatic heterocycles. The predicted molar refractivity (Wildman–Crippen MR) is 86.9 cm³/mol. The molecule has 0 radical (unpaired) electrons. The van der Waals surface area contributed by atoms with Crippen LogP contribution in [0.3, 0.4) is 0 Å². The molecule has 20 heavy (non-hydrogen) atoms. The maximum absolute atomic E-state index is 6.13. The molecular formula is C16H16BrN3. The first kappa shape index (κ1) is 13.2. The van der Waals surface area contributed by atoms with Crippen LogP contribution in [0, 0.1) is 0 Å². The lowest BCUT2D eigenvalue weighted by Gasteiger charge is -2.36. The topological polar surface area (TPSA) is 41.6 Å². The van der Waals surface area contributed by atoms with Crippen LogP contribution in [-0.2, 0) is 5.54 Å². The smallest absolute Gasteiger partial charge is 0.196 e. The Morgan fingerprint density at radius 1 is 1.10 bits per heavy atom. The summed E-state index contributed by atoms with van der Waals surface area (Å²) < 4.78 is 1.05. The first-order chi connectivity index (χ1) is 9.61. The van der Waals surface area contributed by atoms with Gasteiger partial charge in [0.15, 0.2) is 5.96 Å². The van der Waals surface area contributed by atoms with E-state index in [1.54, 1.807) is 0 Å². The zero-order valence-corrected chi connectivity index (χ0v) is 12.8. The van der Waals surface area contributed by atoms with Gasteiger partial charge in [0.05, 0.1) is 12.1 Å². The predicted octanol–water partition coefficient (Wildman–Crippen LogP) is 3.50. The van der Waals surface area contributed by atoms with E-state index in [2.05, 4.69) is 69.1 Å². The van der Waals surface area contributed by atoms with Crippen molar-refractivity contribution >= 4 is 27.6 Å². The fourth-order valence-corrected chi connectivity index (χ4v) is 2.92. The molecule has 0 saturated heterocycles. The molecule has 0 bridgehead atoms. The molecule has 0 aromatic heterocycles. The molecule has 3 rings (SSSR count). The molecule has 0 amide bonds. The number of benzene rings is 2. The van der Waals surface area contributed by atoms with Gasteiger partial charge >= 0.3 is 0 Å². The van der Waals surface area contributed by atoms with E-state index in [1.165, 1.54) is 5.56 Å². The average Bonchev–Trinajstić information content (AvgIpc) is 2.78. The molecular weight excluding hydrogens is 314 g/mol. The van der Waals surface area contributed by atoms with Crippen LogP contribution < -0.4 is 10.6 Å². The van der Waals surface area contributed by atoms with E-state index in [9.17, 15) is 0 Å². The molecule has 1 aliphatic rings. The zero-order valence-electron chi connectivity index (χ0n) is 11.3. The van der Waals surface area contributed by atoms with Gasteiger partial charge in [-0.1, -0.05) is 46.3 Å². The second-order valence-electron chi connectivity index (χ2n) is 5.13. The maximum Gasteiger partial charge on any atom is 0.196 e. The molecule has 0 fully saturated rings. The number of aliphatic imine (C=N–C) groups is 1. The van der Waals surface area contributed by atoms with Crippen LogP contribution in [0.5, 0.6) is 0 Å². The van der Waals surface area contributed by atoms with Crippen molar-refractivity contribution in [3.63, 3.8) is 0 Å². The highest BCUT2D eigenvalue weighted by molar-refractivity contribution is 9.10. The summed E-state index contributed by atoms with van der Waals surface area (Å²) in [4.78, 5) is 6.56. The SMILES string of the molecule is CC1(c2ccccc2)CN=C(N)N1c1ccc(Br)cc1. The molecule has 2 aromatic carbocycles. The van der Waals surface area contributed by atoms with Gasteiger partial charge in [0.2, 0.25) is 0 Å². The maximum atomic E-state index is 6.13. The van der Waals surface area contributed by atoms with Gasteiger partial charge in [-0.25, -0.2) is 0 Å². The van der Waals surface area contributed by atoms with Crippen molar-refractivity contribution < 1.29 is 0 Å². The number of hydrogen-bond acceptors (Lipinski definition) is 3. The third kappa shape index (κ3) is 2.10. The van der Waals surface area contributed by atoms with Gasteiger partial charge in [0.25, 0.3) is 0 Å². The van der Waals surface area contributed by atoms with Crippen LogP contribution in [-0.4, -0.2) is 12.5 Å². The van der Waals surface area contributed by atoms with Gasteiger partial charge in [-0.3, -0.25) is 4.99 Å². The monoisotopic (exact) mass is 329 g/mol. The molecule has 1 heterocycles. The molecule has 4 heteroatoms. The minimum absolute atomic E-state index is 0.237. The Bertz CT molecular complexity index is 637. The first-order valence-electron chi connectivity index (χ1n) is 6.52. The van der Waals surface area contributed by atoms with E-state index in [0.29, 0.717) is 12.5 Å². The van der Waals surface area contributed by atoms with Crippen molar-refractivity contribution in [1.82, 2.24) is 0 Å². The zero-order chi connectivity index (χ0) is 14.2. The van der Waals surface area contributed by atoms with Crippen molar-refractivity contribution in [1.29, 1.82) is 0 Å². The Balaban J connectivity index is 2.06. The quantitative estimate of drug-likeness (QED) is 0.916. The Morgan fingerprint density at radius 3 is 2.40 bits per heavy atom. The summed E-state index contributed by atoms with van der Waals surface area (Å²) in [5, 5.41) is 0. The summed E-state index contributed by atoms with van der Waals surface area (Å²) in [5.41, 5.74) is 8.16. The highest BCUT2D eigenvalue weighted by Crippen LogP contribution is 2.36. The van der Waals surface area contributed by atoms with Crippen LogP contribution in [0.25, 0.3) is 0 Å². The summed E-state index contributed by atoms with van der Waals surface area (Å²) in [5.74, 6) is 0.568. The summed E-state index contributed by atoms with van der Waals surface area (Å²) in [7, 11) is 0. The summed E-state index contributed by atoms with van der Waals surface area (Å²) >= 11 is 3.46.